The predicted octanol–water partition coefficient (Wildman–Crippen LogP) is 14.4. The van der Waals surface area contributed by atoms with E-state index in [2.05, 4.69) is 218 Å². The molecular weight excluding hydrogens is 829 g/mol. The molecule has 1 nitrogen and oxygen atoms in total. The SMILES string of the molecule is C/C=C\C(=C/c1cc2ccc(/C=C/c3ccc4c(c3)[se]c3cc(-c5ccc(N(c6ccccc6)c6ccccc6)cc5)ccc34)cc2[se]1)c1ccc(SC)cc1. The van der Waals surface area contributed by atoms with Gasteiger partial charge in [0, 0.05) is 0 Å². The molecule has 0 unspecified atom stereocenters. The van der Waals surface area contributed by atoms with Gasteiger partial charge in [0.1, 0.15) is 0 Å². The van der Waals surface area contributed by atoms with Crippen molar-refractivity contribution in [2.75, 3.05) is 11.2 Å². The Kier molecular flexibility index (Phi) is 10.7. The first-order valence-corrected chi connectivity index (χ1v) is 23.4. The van der Waals surface area contributed by atoms with Crippen molar-refractivity contribution < 1.29 is 0 Å². The zero-order valence-electron chi connectivity index (χ0n) is 31.2. The van der Waals surface area contributed by atoms with E-state index in [1.54, 1.807) is 11.8 Å². The van der Waals surface area contributed by atoms with Gasteiger partial charge in [-0.15, -0.1) is 0 Å². The second-order valence-corrected chi connectivity index (χ2v) is 19.2. The molecular formula is C52H39NSSe2. The van der Waals surface area contributed by atoms with Crippen molar-refractivity contribution in [3.63, 3.8) is 0 Å². The molecule has 0 fully saturated rings. The van der Waals surface area contributed by atoms with E-state index in [0.717, 1.165) is 17.1 Å². The van der Waals surface area contributed by atoms with Crippen LogP contribution >= 0.6 is 11.8 Å². The molecule has 0 radical (unpaired) electrons. The summed E-state index contributed by atoms with van der Waals surface area (Å²) in [7, 11) is 0. The third-order valence-corrected chi connectivity index (χ3v) is 15.4. The minimum atomic E-state index is 0.260. The van der Waals surface area contributed by atoms with Crippen molar-refractivity contribution in [3.8, 4) is 11.1 Å². The van der Waals surface area contributed by atoms with Crippen LogP contribution in [0.15, 0.2) is 187 Å². The Bertz CT molecular complexity index is 2840. The Morgan fingerprint density at radius 3 is 1.79 bits per heavy atom. The topological polar surface area (TPSA) is 3.24 Å². The maximum absolute atomic E-state index is 2.42. The molecule has 2 aromatic heterocycles. The average Bonchev–Trinajstić information content (AvgIpc) is 3.83. The molecule has 0 amide bonds. The van der Waals surface area contributed by atoms with Crippen LogP contribution in [0.5, 0.6) is 0 Å². The number of hydrogen-bond acceptors (Lipinski definition) is 2. The molecule has 0 aliphatic carbocycles. The number of thioether (sulfide) groups is 1. The van der Waals surface area contributed by atoms with Gasteiger partial charge in [-0.25, -0.2) is 0 Å². The number of benzene rings is 7. The summed E-state index contributed by atoms with van der Waals surface area (Å²) in [6.45, 7) is 2.09. The number of anilines is 3. The Morgan fingerprint density at radius 2 is 1.12 bits per heavy atom. The minimum absolute atomic E-state index is 0.260. The van der Waals surface area contributed by atoms with Crippen LogP contribution in [-0.2, 0) is 0 Å². The monoisotopic (exact) mass is 869 g/mol. The molecule has 0 spiro atoms. The van der Waals surface area contributed by atoms with Gasteiger partial charge in [-0.3, -0.25) is 0 Å². The number of hydrogen-bond donors (Lipinski definition) is 0. The van der Waals surface area contributed by atoms with Gasteiger partial charge >= 0.3 is 348 Å². The summed E-state index contributed by atoms with van der Waals surface area (Å²) in [5.41, 5.74) is 11.0. The predicted molar refractivity (Wildman–Crippen MR) is 249 cm³/mol. The summed E-state index contributed by atoms with van der Waals surface area (Å²) in [5.74, 6) is 0. The van der Waals surface area contributed by atoms with Crippen LogP contribution in [0, 0.1) is 0 Å². The summed E-state index contributed by atoms with van der Waals surface area (Å²) in [4.78, 5) is 3.60. The van der Waals surface area contributed by atoms with Crippen molar-refractivity contribution in [3.05, 3.63) is 203 Å². The summed E-state index contributed by atoms with van der Waals surface area (Å²) >= 11 is 2.32. The molecule has 0 bridgehead atoms. The Balaban J connectivity index is 0.946. The van der Waals surface area contributed by atoms with Crippen LogP contribution in [0.25, 0.3) is 63.9 Å². The molecule has 0 saturated heterocycles. The fourth-order valence-electron chi connectivity index (χ4n) is 7.26. The molecule has 0 atom stereocenters. The Hall–Kier alpha value is -5.31. The van der Waals surface area contributed by atoms with Gasteiger partial charge in [-0.05, 0) is 0 Å². The molecule has 7 aromatic carbocycles. The standard InChI is InChI=1S/C52H39NSSe2/c1-3-10-40(39-22-27-46(54-2)28-23-39)33-47-34-42-19-17-36(31-50(42)55-47)15-16-37-18-29-48-49-30-24-41(35-52(49)56-51(48)32-37)38-20-25-45(26-21-38)53(43-11-6-4-7-12-43)44-13-8-5-9-14-44/h3-35H,1-2H3/b10-3-,16-15+,40-33+. The van der Waals surface area contributed by atoms with E-state index in [1.807, 2.05) is 0 Å². The number of fused-ring (bicyclic) bond motifs is 4. The molecule has 0 N–H and O–H groups in total. The van der Waals surface area contributed by atoms with E-state index < -0.39 is 0 Å². The van der Waals surface area contributed by atoms with Crippen LogP contribution in [0.1, 0.15) is 28.1 Å². The number of para-hydroxylation sites is 2. The number of nitrogens with zero attached hydrogens (tertiary/aromatic N) is 1. The van der Waals surface area contributed by atoms with Gasteiger partial charge in [0.25, 0.3) is 0 Å². The first-order valence-electron chi connectivity index (χ1n) is 18.8. The van der Waals surface area contributed by atoms with Gasteiger partial charge in [0.05, 0.1) is 0 Å². The van der Waals surface area contributed by atoms with Crippen LogP contribution < -0.4 is 4.90 Å². The van der Waals surface area contributed by atoms with Crippen LogP contribution in [0.4, 0.5) is 17.1 Å². The van der Waals surface area contributed by atoms with Crippen LogP contribution in [0.2, 0.25) is 0 Å². The van der Waals surface area contributed by atoms with Crippen molar-refractivity contribution in [1.29, 1.82) is 0 Å². The summed E-state index contributed by atoms with van der Waals surface area (Å²) in [6.07, 6.45) is 13.4. The van der Waals surface area contributed by atoms with Crippen molar-refractivity contribution >= 4 is 111 Å². The summed E-state index contributed by atoms with van der Waals surface area (Å²) in [6, 6.07) is 62.4. The molecule has 0 saturated carbocycles. The van der Waals surface area contributed by atoms with Gasteiger partial charge in [-0.1, -0.05) is 0 Å². The number of allylic oxidation sites excluding steroid dienone is 3. The molecule has 9 aromatic rings. The molecule has 4 heteroatoms. The first-order chi connectivity index (χ1) is 27.6. The fraction of sp³-hybridized carbons (Fsp3) is 0.0385. The molecule has 2 heterocycles. The molecule has 270 valence electrons. The number of rotatable bonds is 10. The Morgan fingerprint density at radius 1 is 0.536 bits per heavy atom. The molecule has 0 aliphatic heterocycles. The zero-order chi connectivity index (χ0) is 37.8. The molecule has 9 rings (SSSR count). The maximum atomic E-state index is 2.42. The first kappa shape index (κ1) is 36.3. The quantitative estimate of drug-likeness (QED) is 0.0583. The van der Waals surface area contributed by atoms with E-state index in [-0.39, 0.29) is 29.0 Å². The van der Waals surface area contributed by atoms with E-state index >= 15 is 0 Å². The third kappa shape index (κ3) is 7.73. The normalized spacial score (nSPS) is 12.1. The van der Waals surface area contributed by atoms with Crippen molar-refractivity contribution in [1.82, 2.24) is 0 Å². The molecule has 56 heavy (non-hydrogen) atoms. The second kappa shape index (κ2) is 16.4. The van der Waals surface area contributed by atoms with Crippen LogP contribution in [-0.4, -0.2) is 35.3 Å². The van der Waals surface area contributed by atoms with Gasteiger partial charge in [-0.2, -0.15) is 0 Å². The average molecular weight is 868 g/mol. The Labute approximate surface area is 345 Å². The molecule has 0 aliphatic rings. The zero-order valence-corrected chi connectivity index (χ0v) is 35.5. The van der Waals surface area contributed by atoms with E-state index in [9.17, 15) is 0 Å². The van der Waals surface area contributed by atoms with E-state index in [1.165, 1.54) is 71.7 Å². The van der Waals surface area contributed by atoms with E-state index in [0.29, 0.717) is 0 Å². The summed E-state index contributed by atoms with van der Waals surface area (Å²) in [5, 5.41) is 4.10. The van der Waals surface area contributed by atoms with E-state index in [4.69, 9.17) is 0 Å². The van der Waals surface area contributed by atoms with Gasteiger partial charge in [0.2, 0.25) is 0 Å². The van der Waals surface area contributed by atoms with Crippen molar-refractivity contribution in [2.24, 2.45) is 0 Å². The third-order valence-electron chi connectivity index (χ3n) is 10.1. The second-order valence-electron chi connectivity index (χ2n) is 13.7. The van der Waals surface area contributed by atoms with Crippen LogP contribution in [0.3, 0.4) is 0 Å². The fourth-order valence-corrected chi connectivity index (χ4v) is 12.4. The van der Waals surface area contributed by atoms with Gasteiger partial charge < -0.3 is 0 Å². The van der Waals surface area contributed by atoms with Gasteiger partial charge in [0.15, 0.2) is 0 Å². The summed E-state index contributed by atoms with van der Waals surface area (Å²) < 4.78 is 5.78. The van der Waals surface area contributed by atoms with Crippen molar-refractivity contribution in [2.45, 2.75) is 11.8 Å².